The zero-order valence-electron chi connectivity index (χ0n) is 11.3. The van der Waals surface area contributed by atoms with Gasteiger partial charge in [-0.05, 0) is 26.9 Å². The van der Waals surface area contributed by atoms with Gasteiger partial charge in [-0.25, -0.2) is 0 Å². The number of carbonyl (C=O) groups is 1. The molecule has 0 bridgehead atoms. The lowest BCUT2D eigenvalue weighted by Crippen LogP contribution is -2.38. The largest absolute Gasteiger partial charge is 0.465 e. The molecule has 4 nitrogen and oxygen atoms in total. The van der Waals surface area contributed by atoms with Gasteiger partial charge in [0.2, 0.25) is 0 Å². The first kappa shape index (κ1) is 15.4. The molecule has 0 N–H and O–H groups in total. The fourth-order valence-electron chi connectivity index (χ4n) is 1.48. The summed E-state index contributed by atoms with van der Waals surface area (Å²) in [5.41, 5.74) is 0. The van der Waals surface area contributed by atoms with Crippen molar-refractivity contribution < 1.29 is 9.53 Å². The molecule has 0 aromatic heterocycles. The van der Waals surface area contributed by atoms with Crippen LogP contribution in [0.4, 0.5) is 0 Å². The molecule has 0 aliphatic carbocycles. The van der Waals surface area contributed by atoms with Crippen LogP contribution in [0.2, 0.25) is 0 Å². The molecule has 0 fully saturated rings. The Kier molecular flexibility index (Phi) is 8.21. The van der Waals surface area contributed by atoms with E-state index in [1.165, 1.54) is 0 Å². The minimum atomic E-state index is -0.123. The molecule has 0 unspecified atom stereocenters. The summed E-state index contributed by atoms with van der Waals surface area (Å²) in [7, 11) is 4.08. The molecular weight excluding hydrogens is 204 g/mol. The summed E-state index contributed by atoms with van der Waals surface area (Å²) in [4.78, 5) is 15.7. The summed E-state index contributed by atoms with van der Waals surface area (Å²) < 4.78 is 4.97. The van der Waals surface area contributed by atoms with E-state index in [1.54, 1.807) is 0 Å². The molecule has 0 saturated carbocycles. The summed E-state index contributed by atoms with van der Waals surface area (Å²) >= 11 is 0. The van der Waals surface area contributed by atoms with Crippen molar-refractivity contribution in [2.24, 2.45) is 5.92 Å². The first-order valence-electron chi connectivity index (χ1n) is 5.98. The Hall–Kier alpha value is -0.610. The maximum atomic E-state index is 11.4. The zero-order valence-corrected chi connectivity index (χ0v) is 11.3. The standard InChI is InChI=1S/C12H26N2O2/c1-6-16-12(15)10-14(9-11(2)3)8-7-13(4)5/h11H,6-10H2,1-5H3. The van der Waals surface area contributed by atoms with Crippen LogP contribution in [0.15, 0.2) is 0 Å². The van der Waals surface area contributed by atoms with E-state index >= 15 is 0 Å². The Balaban J connectivity index is 4.03. The van der Waals surface area contributed by atoms with Crippen molar-refractivity contribution in [1.82, 2.24) is 9.80 Å². The van der Waals surface area contributed by atoms with Crippen LogP contribution < -0.4 is 0 Å². The van der Waals surface area contributed by atoms with Gasteiger partial charge in [-0.15, -0.1) is 0 Å². The van der Waals surface area contributed by atoms with Crippen molar-refractivity contribution in [2.45, 2.75) is 20.8 Å². The van der Waals surface area contributed by atoms with Crippen LogP contribution in [0.5, 0.6) is 0 Å². The van der Waals surface area contributed by atoms with Gasteiger partial charge in [-0.2, -0.15) is 0 Å². The van der Waals surface area contributed by atoms with Gasteiger partial charge in [0.15, 0.2) is 0 Å². The van der Waals surface area contributed by atoms with Gasteiger partial charge in [-0.1, -0.05) is 13.8 Å². The Bertz CT molecular complexity index is 193. The molecule has 0 heterocycles. The van der Waals surface area contributed by atoms with Crippen LogP contribution in [0.1, 0.15) is 20.8 Å². The van der Waals surface area contributed by atoms with Crippen LogP contribution >= 0.6 is 0 Å². The summed E-state index contributed by atoms with van der Waals surface area (Å²) in [6.07, 6.45) is 0. The van der Waals surface area contributed by atoms with Crippen molar-refractivity contribution in [3.63, 3.8) is 0 Å². The lowest BCUT2D eigenvalue weighted by Gasteiger charge is -2.24. The smallest absolute Gasteiger partial charge is 0.320 e. The summed E-state index contributed by atoms with van der Waals surface area (Å²) in [5.74, 6) is 0.443. The van der Waals surface area contributed by atoms with Gasteiger partial charge in [-0.3, -0.25) is 9.69 Å². The lowest BCUT2D eigenvalue weighted by molar-refractivity contribution is -0.144. The molecule has 0 aliphatic heterocycles. The van der Waals surface area contributed by atoms with Gasteiger partial charge in [0.05, 0.1) is 13.2 Å². The molecule has 4 heteroatoms. The van der Waals surface area contributed by atoms with Gasteiger partial charge in [0.1, 0.15) is 0 Å². The van der Waals surface area contributed by atoms with Crippen LogP contribution in [0.3, 0.4) is 0 Å². The minimum absolute atomic E-state index is 0.123. The van der Waals surface area contributed by atoms with Gasteiger partial charge >= 0.3 is 5.97 Å². The minimum Gasteiger partial charge on any atom is -0.465 e. The highest BCUT2D eigenvalue weighted by Gasteiger charge is 2.12. The Morgan fingerprint density at radius 2 is 1.88 bits per heavy atom. The third-order valence-electron chi connectivity index (χ3n) is 2.14. The lowest BCUT2D eigenvalue weighted by atomic mass is 10.2. The average Bonchev–Trinajstić information content (AvgIpc) is 2.13. The van der Waals surface area contributed by atoms with Gasteiger partial charge < -0.3 is 9.64 Å². The monoisotopic (exact) mass is 230 g/mol. The predicted octanol–water partition coefficient (Wildman–Crippen LogP) is 1.07. The third kappa shape index (κ3) is 8.68. The number of hydrogen-bond acceptors (Lipinski definition) is 4. The number of ether oxygens (including phenoxy) is 1. The predicted molar refractivity (Wildman–Crippen MR) is 66.5 cm³/mol. The maximum absolute atomic E-state index is 11.4. The first-order chi connectivity index (χ1) is 7.45. The molecule has 0 aliphatic rings. The SMILES string of the molecule is CCOC(=O)CN(CCN(C)C)CC(C)C. The van der Waals surface area contributed by atoms with E-state index in [-0.39, 0.29) is 5.97 Å². The van der Waals surface area contributed by atoms with E-state index in [0.717, 1.165) is 19.6 Å². The normalized spacial score (nSPS) is 11.5. The molecular formula is C12H26N2O2. The van der Waals surface area contributed by atoms with Gasteiger partial charge in [0, 0.05) is 19.6 Å². The summed E-state index contributed by atoms with van der Waals surface area (Å²) in [5, 5.41) is 0. The number of likely N-dealkylation sites (N-methyl/N-ethyl adjacent to an activating group) is 1. The van der Waals surface area contributed by atoms with Crippen molar-refractivity contribution in [3.8, 4) is 0 Å². The van der Waals surface area contributed by atoms with E-state index < -0.39 is 0 Å². The molecule has 0 saturated heterocycles. The van der Waals surface area contributed by atoms with Crippen LogP contribution in [0, 0.1) is 5.92 Å². The molecule has 0 atom stereocenters. The molecule has 96 valence electrons. The van der Waals surface area contributed by atoms with E-state index in [2.05, 4.69) is 23.6 Å². The van der Waals surface area contributed by atoms with Crippen LogP contribution in [-0.4, -0.2) is 62.7 Å². The molecule has 0 amide bonds. The Morgan fingerprint density at radius 1 is 1.25 bits per heavy atom. The fraction of sp³-hybridized carbons (Fsp3) is 0.917. The van der Waals surface area contributed by atoms with Crippen molar-refractivity contribution >= 4 is 5.97 Å². The van der Waals surface area contributed by atoms with E-state index in [0.29, 0.717) is 19.1 Å². The van der Waals surface area contributed by atoms with Crippen molar-refractivity contribution in [3.05, 3.63) is 0 Å². The second-order valence-electron chi connectivity index (χ2n) is 4.74. The van der Waals surface area contributed by atoms with Crippen molar-refractivity contribution in [1.29, 1.82) is 0 Å². The highest BCUT2D eigenvalue weighted by molar-refractivity contribution is 5.71. The summed E-state index contributed by atoms with van der Waals surface area (Å²) in [6.45, 7) is 9.83. The van der Waals surface area contributed by atoms with E-state index in [9.17, 15) is 4.79 Å². The van der Waals surface area contributed by atoms with Crippen LogP contribution in [-0.2, 0) is 9.53 Å². The topological polar surface area (TPSA) is 32.8 Å². The van der Waals surface area contributed by atoms with Crippen molar-refractivity contribution in [2.75, 3.05) is 46.9 Å². The maximum Gasteiger partial charge on any atom is 0.320 e. The first-order valence-corrected chi connectivity index (χ1v) is 5.98. The quantitative estimate of drug-likeness (QED) is 0.584. The highest BCUT2D eigenvalue weighted by Crippen LogP contribution is 1.99. The van der Waals surface area contributed by atoms with E-state index in [1.807, 2.05) is 21.0 Å². The third-order valence-corrected chi connectivity index (χ3v) is 2.14. The van der Waals surface area contributed by atoms with E-state index in [4.69, 9.17) is 4.74 Å². The molecule has 0 aromatic carbocycles. The molecule has 16 heavy (non-hydrogen) atoms. The average molecular weight is 230 g/mol. The Labute approximate surface area is 99.5 Å². The number of esters is 1. The number of carbonyl (C=O) groups excluding carboxylic acids is 1. The second kappa shape index (κ2) is 8.53. The zero-order chi connectivity index (χ0) is 12.6. The number of nitrogens with zero attached hydrogens (tertiary/aromatic N) is 2. The summed E-state index contributed by atoms with van der Waals surface area (Å²) in [6, 6.07) is 0. The van der Waals surface area contributed by atoms with Crippen LogP contribution in [0.25, 0.3) is 0 Å². The Morgan fingerprint density at radius 3 is 2.31 bits per heavy atom. The second-order valence-corrected chi connectivity index (χ2v) is 4.74. The molecule has 0 aromatic rings. The number of hydrogen-bond donors (Lipinski definition) is 0. The molecule has 0 radical (unpaired) electrons. The molecule has 0 rings (SSSR count). The fourth-order valence-corrected chi connectivity index (χ4v) is 1.48. The highest BCUT2D eigenvalue weighted by atomic mass is 16.5. The van der Waals surface area contributed by atoms with Gasteiger partial charge in [0.25, 0.3) is 0 Å². The molecule has 0 spiro atoms. The number of rotatable bonds is 8.